The number of carbonyl (C=O) groups excluding carboxylic acids is 1. The van der Waals surface area contributed by atoms with Gasteiger partial charge in [0.2, 0.25) is 0 Å². The van der Waals surface area contributed by atoms with Gasteiger partial charge in [0.05, 0.1) is 0 Å². The van der Waals surface area contributed by atoms with E-state index in [0.717, 1.165) is 70.5 Å². The highest BCUT2D eigenvalue weighted by Gasteiger charge is 2.25. The van der Waals surface area contributed by atoms with Crippen LogP contribution in [0.1, 0.15) is 54.7 Å². The van der Waals surface area contributed by atoms with E-state index in [1.165, 1.54) is 18.6 Å². The third-order valence-corrected chi connectivity index (χ3v) is 6.21. The van der Waals surface area contributed by atoms with Crippen molar-refractivity contribution >= 4 is 18.2 Å². The zero-order valence-corrected chi connectivity index (χ0v) is 18.1. The molecule has 1 saturated heterocycles. The molecule has 0 radical (unpaired) electrons. The number of aromatic nitrogens is 3. The van der Waals surface area contributed by atoms with E-state index in [1.54, 1.807) is 16.8 Å². The molecule has 2 aromatic rings. The van der Waals surface area contributed by atoms with Crippen molar-refractivity contribution in [2.24, 2.45) is 5.92 Å². The lowest BCUT2D eigenvalue weighted by Crippen LogP contribution is -2.37. The second kappa shape index (κ2) is 10.4. The average Bonchev–Trinajstić information content (AvgIpc) is 2.90. The molecule has 164 valence electrons. The predicted molar refractivity (Wildman–Crippen MR) is 116 cm³/mol. The number of halogens is 2. The first-order valence-corrected chi connectivity index (χ1v) is 10.8. The molecular formula is C22H30ClFN4O2. The number of carbonyl (C=O) groups is 1. The van der Waals surface area contributed by atoms with Gasteiger partial charge in [-0.1, -0.05) is 6.42 Å². The number of hydrogen-bond acceptors (Lipinski definition) is 4. The van der Waals surface area contributed by atoms with E-state index in [0.29, 0.717) is 12.1 Å². The summed E-state index contributed by atoms with van der Waals surface area (Å²) in [5.41, 5.74) is 0.634. The highest BCUT2D eigenvalue weighted by atomic mass is 35.5. The van der Waals surface area contributed by atoms with Crippen molar-refractivity contribution in [3.8, 4) is 0 Å². The molecule has 8 heteroatoms. The van der Waals surface area contributed by atoms with Crippen LogP contribution < -0.4 is 5.69 Å². The first-order valence-electron chi connectivity index (χ1n) is 10.8. The molecule has 0 atom stereocenters. The molecule has 4 rings (SSSR count). The zero-order chi connectivity index (χ0) is 20.2. The van der Waals surface area contributed by atoms with E-state index in [2.05, 4.69) is 10.00 Å². The largest absolute Gasteiger partial charge is 0.345 e. The van der Waals surface area contributed by atoms with E-state index in [1.807, 2.05) is 4.57 Å². The standard InChI is InChI=1S/C22H29FN4O2.ClH/c23-19-8-6-17(7-9-19)21(28)18-10-15-25(16-11-18)12-4-14-27-22(29)26-13-3-1-2-5-20(26)24-27;/h6-9,18H,1-5,10-16H2;1H. The van der Waals surface area contributed by atoms with Crippen LogP contribution in [0.25, 0.3) is 0 Å². The molecule has 0 amide bonds. The number of likely N-dealkylation sites (tertiary alicyclic amines) is 1. The number of Topliss-reactive ketones (excluding diaryl/α,β-unsaturated/α-hetero) is 1. The third-order valence-electron chi connectivity index (χ3n) is 6.21. The Kier molecular flexibility index (Phi) is 7.83. The van der Waals surface area contributed by atoms with Crippen LogP contribution in [0.2, 0.25) is 0 Å². The van der Waals surface area contributed by atoms with Gasteiger partial charge >= 0.3 is 5.69 Å². The fourth-order valence-corrected chi connectivity index (χ4v) is 4.48. The van der Waals surface area contributed by atoms with Crippen LogP contribution in [0.5, 0.6) is 0 Å². The Morgan fingerprint density at radius 2 is 1.77 bits per heavy atom. The molecule has 0 spiro atoms. The quantitative estimate of drug-likeness (QED) is 0.652. The number of benzene rings is 1. The summed E-state index contributed by atoms with van der Waals surface area (Å²) in [6, 6.07) is 5.85. The van der Waals surface area contributed by atoms with Crippen LogP contribution in [0.4, 0.5) is 4.39 Å². The van der Waals surface area contributed by atoms with Crippen molar-refractivity contribution in [2.75, 3.05) is 19.6 Å². The highest BCUT2D eigenvalue weighted by Crippen LogP contribution is 2.22. The van der Waals surface area contributed by atoms with Crippen molar-refractivity contribution in [1.82, 2.24) is 19.2 Å². The third kappa shape index (κ3) is 5.19. The number of aryl methyl sites for hydroxylation is 2. The first-order chi connectivity index (χ1) is 14.1. The molecular weight excluding hydrogens is 407 g/mol. The maximum atomic E-state index is 13.0. The van der Waals surface area contributed by atoms with E-state index < -0.39 is 0 Å². The van der Waals surface area contributed by atoms with Gasteiger partial charge in [0.25, 0.3) is 0 Å². The van der Waals surface area contributed by atoms with E-state index in [-0.39, 0.29) is 35.6 Å². The molecule has 0 saturated carbocycles. The van der Waals surface area contributed by atoms with Gasteiger partial charge in [-0.15, -0.1) is 12.4 Å². The van der Waals surface area contributed by atoms with Crippen LogP contribution in [0.15, 0.2) is 29.1 Å². The molecule has 3 heterocycles. The average molecular weight is 437 g/mol. The summed E-state index contributed by atoms with van der Waals surface area (Å²) in [6.07, 6.45) is 6.78. The van der Waals surface area contributed by atoms with Crippen LogP contribution in [-0.4, -0.2) is 44.7 Å². The Morgan fingerprint density at radius 1 is 1.03 bits per heavy atom. The normalized spacial score (nSPS) is 17.8. The summed E-state index contributed by atoms with van der Waals surface area (Å²) in [5, 5.41) is 4.55. The summed E-state index contributed by atoms with van der Waals surface area (Å²) in [5.74, 6) is 0.760. The van der Waals surface area contributed by atoms with Gasteiger partial charge in [-0.3, -0.25) is 9.36 Å². The minimum Gasteiger partial charge on any atom is -0.303 e. The predicted octanol–water partition coefficient (Wildman–Crippen LogP) is 3.32. The van der Waals surface area contributed by atoms with Crippen LogP contribution in [-0.2, 0) is 19.5 Å². The Bertz CT molecular complexity index is 901. The van der Waals surface area contributed by atoms with Crippen molar-refractivity contribution in [3.05, 3.63) is 52.0 Å². The number of fused-ring (bicyclic) bond motifs is 1. The van der Waals surface area contributed by atoms with Gasteiger partial charge in [-0.2, -0.15) is 5.10 Å². The van der Waals surface area contributed by atoms with Crippen molar-refractivity contribution in [2.45, 2.75) is 58.0 Å². The van der Waals surface area contributed by atoms with Gasteiger partial charge in [-0.25, -0.2) is 13.9 Å². The van der Waals surface area contributed by atoms with E-state index in [4.69, 9.17) is 0 Å². The molecule has 0 aliphatic carbocycles. The number of rotatable bonds is 6. The Balaban J connectivity index is 0.00000256. The van der Waals surface area contributed by atoms with Gasteiger partial charge in [0.1, 0.15) is 11.6 Å². The molecule has 0 N–H and O–H groups in total. The minimum atomic E-state index is -0.315. The summed E-state index contributed by atoms with van der Waals surface area (Å²) in [4.78, 5) is 27.5. The van der Waals surface area contributed by atoms with Crippen molar-refractivity contribution in [1.29, 1.82) is 0 Å². The maximum absolute atomic E-state index is 13.0. The van der Waals surface area contributed by atoms with Crippen LogP contribution >= 0.6 is 12.4 Å². The molecule has 2 aliphatic rings. The SMILES string of the molecule is Cl.O=C(c1ccc(F)cc1)C1CCN(CCCn2nc3n(c2=O)CCCCC3)CC1. The number of nitrogens with zero attached hydrogens (tertiary/aromatic N) is 4. The smallest absolute Gasteiger partial charge is 0.303 e. The molecule has 6 nitrogen and oxygen atoms in total. The second-order valence-corrected chi connectivity index (χ2v) is 8.22. The van der Waals surface area contributed by atoms with E-state index >= 15 is 0 Å². The summed E-state index contributed by atoms with van der Waals surface area (Å²) in [7, 11) is 0. The van der Waals surface area contributed by atoms with Crippen LogP contribution in [0.3, 0.4) is 0 Å². The first kappa shape index (κ1) is 22.7. The summed E-state index contributed by atoms with van der Waals surface area (Å²) in [6.45, 7) is 4.11. The lowest BCUT2D eigenvalue weighted by Gasteiger charge is -2.31. The summed E-state index contributed by atoms with van der Waals surface area (Å²) >= 11 is 0. The van der Waals surface area contributed by atoms with Gasteiger partial charge in [0.15, 0.2) is 5.78 Å². The molecule has 0 bridgehead atoms. The second-order valence-electron chi connectivity index (χ2n) is 8.22. The van der Waals surface area contributed by atoms with E-state index in [9.17, 15) is 14.0 Å². The van der Waals surface area contributed by atoms with Gasteiger partial charge in [0, 0.05) is 31.0 Å². The Morgan fingerprint density at radius 3 is 2.50 bits per heavy atom. The Hall–Kier alpha value is -1.99. The topological polar surface area (TPSA) is 60.1 Å². The monoisotopic (exact) mass is 436 g/mol. The molecule has 30 heavy (non-hydrogen) atoms. The summed E-state index contributed by atoms with van der Waals surface area (Å²) < 4.78 is 16.5. The molecule has 1 aromatic carbocycles. The molecule has 0 unspecified atom stereocenters. The van der Waals surface area contributed by atoms with Crippen LogP contribution in [0, 0.1) is 11.7 Å². The van der Waals surface area contributed by atoms with Crippen molar-refractivity contribution < 1.29 is 9.18 Å². The number of hydrogen-bond donors (Lipinski definition) is 0. The zero-order valence-electron chi connectivity index (χ0n) is 17.3. The maximum Gasteiger partial charge on any atom is 0.345 e. The highest BCUT2D eigenvalue weighted by molar-refractivity contribution is 5.97. The molecule has 1 aromatic heterocycles. The fraction of sp³-hybridized carbons (Fsp3) is 0.591. The fourth-order valence-electron chi connectivity index (χ4n) is 4.48. The minimum absolute atomic E-state index is 0. The number of ketones is 1. The number of piperidine rings is 1. The van der Waals surface area contributed by atoms with Crippen molar-refractivity contribution in [3.63, 3.8) is 0 Å². The van der Waals surface area contributed by atoms with Gasteiger partial charge in [-0.05, 0) is 76.0 Å². The molecule has 2 aliphatic heterocycles. The Labute approximate surface area is 182 Å². The van der Waals surface area contributed by atoms with Gasteiger partial charge < -0.3 is 4.90 Å². The lowest BCUT2D eigenvalue weighted by molar-refractivity contribution is 0.0838. The lowest BCUT2D eigenvalue weighted by atomic mass is 9.89. The molecule has 1 fully saturated rings.